The van der Waals surface area contributed by atoms with Gasteiger partial charge in [0.25, 0.3) is 0 Å². The minimum atomic E-state index is 0.0689. The lowest BCUT2D eigenvalue weighted by atomic mass is 10.1. The topological polar surface area (TPSA) is 66.6 Å². The van der Waals surface area contributed by atoms with Crippen LogP contribution < -0.4 is 5.73 Å². The normalized spacial score (nSPS) is 15.4. The minimum absolute atomic E-state index is 0.0689. The van der Waals surface area contributed by atoms with Crippen molar-refractivity contribution < 1.29 is 9.59 Å². The average Bonchev–Trinajstić information content (AvgIpc) is 2.41. The Hall–Kier alpha value is -2.04. The summed E-state index contributed by atoms with van der Waals surface area (Å²) >= 11 is 0. The number of hydrogen-bond donors (Lipinski definition) is 1. The van der Waals surface area contributed by atoms with Crippen LogP contribution in [-0.4, -0.2) is 47.8 Å². The number of para-hydroxylation sites is 1. The molecule has 0 radical (unpaired) electrons. The highest BCUT2D eigenvalue weighted by Crippen LogP contribution is 2.13. The minimum Gasteiger partial charge on any atom is -0.398 e. The van der Waals surface area contributed by atoms with E-state index >= 15 is 0 Å². The Morgan fingerprint density at radius 3 is 2.26 bits per heavy atom. The van der Waals surface area contributed by atoms with Gasteiger partial charge in [-0.1, -0.05) is 18.2 Å². The van der Waals surface area contributed by atoms with Crippen LogP contribution in [0.4, 0.5) is 5.69 Å². The molecule has 1 aromatic carbocycles. The van der Waals surface area contributed by atoms with Crippen LogP contribution >= 0.6 is 0 Å². The Morgan fingerprint density at radius 2 is 1.68 bits per heavy atom. The van der Waals surface area contributed by atoms with Crippen molar-refractivity contribution in [3.63, 3.8) is 0 Å². The molecular weight excluding hydrogens is 242 g/mol. The molecule has 1 fully saturated rings. The third-order valence-electron chi connectivity index (χ3n) is 3.47. The van der Waals surface area contributed by atoms with Gasteiger partial charge in [0.15, 0.2) is 0 Å². The first kappa shape index (κ1) is 13.4. The fourth-order valence-electron chi connectivity index (χ4n) is 2.24. The van der Waals surface area contributed by atoms with E-state index in [2.05, 4.69) is 0 Å². The van der Waals surface area contributed by atoms with E-state index in [0.29, 0.717) is 38.3 Å². The van der Waals surface area contributed by atoms with Gasteiger partial charge in [0, 0.05) is 38.8 Å². The second kappa shape index (κ2) is 5.73. The van der Waals surface area contributed by atoms with Crippen molar-refractivity contribution in [1.82, 2.24) is 9.80 Å². The number of carbonyl (C=O) groups is 2. The number of anilines is 1. The van der Waals surface area contributed by atoms with Crippen molar-refractivity contribution in [1.29, 1.82) is 0 Å². The summed E-state index contributed by atoms with van der Waals surface area (Å²) in [5.74, 6) is 0.139. The lowest BCUT2D eigenvalue weighted by Crippen LogP contribution is -2.50. The Morgan fingerprint density at radius 1 is 1.11 bits per heavy atom. The van der Waals surface area contributed by atoms with E-state index in [0.717, 1.165) is 5.56 Å². The molecule has 102 valence electrons. The molecule has 2 rings (SSSR count). The number of nitrogens with zero attached hydrogens (tertiary/aromatic N) is 2. The maximum Gasteiger partial charge on any atom is 0.227 e. The van der Waals surface area contributed by atoms with E-state index < -0.39 is 0 Å². The first-order chi connectivity index (χ1) is 9.08. The van der Waals surface area contributed by atoms with Gasteiger partial charge in [-0.3, -0.25) is 9.59 Å². The smallest absolute Gasteiger partial charge is 0.227 e. The molecule has 0 atom stereocenters. The number of carbonyl (C=O) groups excluding carboxylic acids is 2. The second-order valence-electron chi connectivity index (χ2n) is 4.76. The molecule has 1 aromatic rings. The maximum atomic E-state index is 12.2. The Labute approximate surface area is 113 Å². The predicted octanol–water partition coefficient (Wildman–Crippen LogP) is 0.502. The van der Waals surface area contributed by atoms with E-state index in [1.54, 1.807) is 22.8 Å². The first-order valence-corrected chi connectivity index (χ1v) is 6.44. The fourth-order valence-corrected chi connectivity index (χ4v) is 2.24. The number of amides is 2. The lowest BCUT2D eigenvalue weighted by Gasteiger charge is -2.34. The summed E-state index contributed by atoms with van der Waals surface area (Å²) < 4.78 is 0. The van der Waals surface area contributed by atoms with Crippen molar-refractivity contribution in [2.24, 2.45) is 0 Å². The third-order valence-corrected chi connectivity index (χ3v) is 3.47. The summed E-state index contributed by atoms with van der Waals surface area (Å²) in [6.45, 7) is 4.00. The zero-order valence-corrected chi connectivity index (χ0v) is 11.1. The quantitative estimate of drug-likeness (QED) is 0.788. The van der Waals surface area contributed by atoms with Gasteiger partial charge in [-0.15, -0.1) is 0 Å². The van der Waals surface area contributed by atoms with E-state index in [-0.39, 0.29) is 11.8 Å². The van der Waals surface area contributed by atoms with Crippen LogP contribution in [0.25, 0.3) is 0 Å². The summed E-state index contributed by atoms with van der Waals surface area (Å²) in [5, 5.41) is 0. The molecule has 0 unspecified atom stereocenters. The van der Waals surface area contributed by atoms with Gasteiger partial charge >= 0.3 is 0 Å². The van der Waals surface area contributed by atoms with Crippen LogP contribution in [-0.2, 0) is 16.0 Å². The molecule has 0 aliphatic carbocycles. The van der Waals surface area contributed by atoms with Gasteiger partial charge in [0.05, 0.1) is 6.42 Å². The van der Waals surface area contributed by atoms with Crippen molar-refractivity contribution in [2.45, 2.75) is 13.3 Å². The van der Waals surface area contributed by atoms with E-state index in [1.165, 1.54) is 0 Å². The molecule has 1 aliphatic heterocycles. The largest absolute Gasteiger partial charge is 0.398 e. The highest BCUT2D eigenvalue weighted by molar-refractivity contribution is 5.81. The van der Waals surface area contributed by atoms with Crippen LogP contribution in [0, 0.1) is 0 Å². The summed E-state index contributed by atoms with van der Waals surface area (Å²) in [7, 11) is 0. The number of hydrogen-bond acceptors (Lipinski definition) is 3. The van der Waals surface area contributed by atoms with Crippen LogP contribution in [0.5, 0.6) is 0 Å². The number of benzene rings is 1. The van der Waals surface area contributed by atoms with Gasteiger partial charge in [-0.25, -0.2) is 0 Å². The number of nitrogens with two attached hydrogens (primary N) is 1. The zero-order chi connectivity index (χ0) is 13.8. The molecule has 0 bridgehead atoms. The standard InChI is InChI=1S/C14H19N3O2/c1-11(18)16-6-8-17(9-7-16)14(19)10-12-4-2-3-5-13(12)15/h2-5H,6-10,15H2,1H3. The molecule has 5 nitrogen and oxygen atoms in total. The molecule has 1 heterocycles. The first-order valence-electron chi connectivity index (χ1n) is 6.44. The summed E-state index contributed by atoms with van der Waals surface area (Å²) in [4.78, 5) is 26.9. The molecule has 0 saturated carbocycles. The fraction of sp³-hybridized carbons (Fsp3) is 0.429. The van der Waals surface area contributed by atoms with Gasteiger partial charge in [0.2, 0.25) is 11.8 Å². The van der Waals surface area contributed by atoms with Gasteiger partial charge in [0.1, 0.15) is 0 Å². The molecule has 5 heteroatoms. The molecule has 1 saturated heterocycles. The zero-order valence-electron chi connectivity index (χ0n) is 11.1. The monoisotopic (exact) mass is 261 g/mol. The van der Waals surface area contributed by atoms with Gasteiger partial charge in [-0.05, 0) is 11.6 Å². The van der Waals surface area contributed by atoms with Crippen molar-refractivity contribution in [3.05, 3.63) is 29.8 Å². The van der Waals surface area contributed by atoms with Crippen LogP contribution in [0.1, 0.15) is 12.5 Å². The lowest BCUT2D eigenvalue weighted by molar-refractivity contribution is -0.138. The third kappa shape index (κ3) is 3.24. The molecule has 2 amide bonds. The van der Waals surface area contributed by atoms with Gasteiger partial charge in [-0.2, -0.15) is 0 Å². The molecule has 2 N–H and O–H groups in total. The molecular formula is C14H19N3O2. The van der Waals surface area contributed by atoms with Gasteiger partial charge < -0.3 is 15.5 Å². The highest BCUT2D eigenvalue weighted by atomic mass is 16.2. The molecule has 0 spiro atoms. The Bertz CT molecular complexity index is 479. The highest BCUT2D eigenvalue weighted by Gasteiger charge is 2.22. The van der Waals surface area contributed by atoms with Crippen molar-refractivity contribution in [2.75, 3.05) is 31.9 Å². The average molecular weight is 261 g/mol. The van der Waals surface area contributed by atoms with E-state index in [4.69, 9.17) is 5.73 Å². The summed E-state index contributed by atoms with van der Waals surface area (Å²) in [6.07, 6.45) is 0.326. The van der Waals surface area contributed by atoms with Crippen molar-refractivity contribution in [3.8, 4) is 0 Å². The number of piperazine rings is 1. The molecule has 0 aromatic heterocycles. The number of nitrogen functional groups attached to an aromatic ring is 1. The van der Waals surface area contributed by atoms with Crippen LogP contribution in [0.2, 0.25) is 0 Å². The number of rotatable bonds is 2. The van der Waals surface area contributed by atoms with Crippen LogP contribution in [0.3, 0.4) is 0 Å². The molecule has 19 heavy (non-hydrogen) atoms. The summed E-state index contributed by atoms with van der Waals surface area (Å²) in [6, 6.07) is 7.41. The second-order valence-corrected chi connectivity index (χ2v) is 4.76. The Balaban J connectivity index is 1.92. The van der Waals surface area contributed by atoms with E-state index in [9.17, 15) is 9.59 Å². The SMILES string of the molecule is CC(=O)N1CCN(C(=O)Cc2ccccc2N)CC1. The predicted molar refractivity (Wildman–Crippen MR) is 73.4 cm³/mol. The Kier molecular flexibility index (Phi) is 4.04. The van der Waals surface area contributed by atoms with Crippen LogP contribution in [0.15, 0.2) is 24.3 Å². The summed E-state index contributed by atoms with van der Waals surface area (Å²) in [5.41, 5.74) is 7.35. The van der Waals surface area contributed by atoms with E-state index in [1.807, 2.05) is 18.2 Å². The van der Waals surface area contributed by atoms with Crippen molar-refractivity contribution >= 4 is 17.5 Å². The molecule has 1 aliphatic rings. The maximum absolute atomic E-state index is 12.2.